The molecule has 0 atom stereocenters. The van der Waals surface area contributed by atoms with Crippen LogP contribution in [-0.2, 0) is 4.79 Å². The molecule has 0 bridgehead atoms. The Balaban J connectivity index is 2.56. The number of benzene rings is 1. The topological polar surface area (TPSA) is 55.8 Å². The van der Waals surface area contributed by atoms with E-state index in [1.165, 1.54) is 12.1 Å². The summed E-state index contributed by atoms with van der Waals surface area (Å²) in [5, 5.41) is 8.71. The predicted octanol–water partition coefficient (Wildman–Crippen LogP) is 3.46. The van der Waals surface area contributed by atoms with Gasteiger partial charge >= 0.3 is 12.3 Å². The Bertz CT molecular complexity index is 452. The highest BCUT2D eigenvalue weighted by molar-refractivity contribution is 5.67. The number of hydrogen-bond acceptors (Lipinski definition) is 3. The van der Waals surface area contributed by atoms with Crippen molar-refractivity contribution in [3.05, 3.63) is 24.3 Å². The molecule has 0 heterocycles. The van der Waals surface area contributed by atoms with Crippen LogP contribution in [0.25, 0.3) is 0 Å². The fraction of sp³-hybridized carbons (Fsp3) is 0.462. The summed E-state index contributed by atoms with van der Waals surface area (Å²) in [7, 11) is 0. The highest BCUT2D eigenvalue weighted by Gasteiger charge is 2.31. The minimum atomic E-state index is -4.73. The van der Waals surface area contributed by atoms with Crippen molar-refractivity contribution >= 4 is 5.97 Å². The first-order chi connectivity index (χ1) is 9.07. The fourth-order valence-electron chi connectivity index (χ4n) is 1.48. The van der Waals surface area contributed by atoms with Crippen LogP contribution in [0.15, 0.2) is 24.3 Å². The van der Waals surface area contributed by atoms with Gasteiger partial charge < -0.3 is 14.6 Å². The van der Waals surface area contributed by atoms with Crippen LogP contribution in [-0.4, -0.2) is 24.0 Å². The van der Waals surface area contributed by atoms with Crippen molar-refractivity contribution in [1.29, 1.82) is 0 Å². The van der Waals surface area contributed by atoms with Crippen molar-refractivity contribution in [2.75, 3.05) is 6.61 Å². The van der Waals surface area contributed by atoms with Gasteiger partial charge in [0.2, 0.25) is 0 Å². The Morgan fingerprint density at radius 1 is 1.15 bits per heavy atom. The Hall–Kier alpha value is -1.92. The largest absolute Gasteiger partial charge is 0.573 e. The zero-order valence-corrected chi connectivity index (χ0v) is 11.0. The minimum absolute atomic E-state index is 0.0672. The molecular formula is C13H15F3O4. The summed E-state index contributed by atoms with van der Waals surface area (Å²) in [6, 6.07) is 4.93. The average Bonchev–Trinajstić information content (AvgIpc) is 2.24. The molecule has 0 aromatic heterocycles. The molecule has 0 fully saturated rings. The van der Waals surface area contributed by atoms with Gasteiger partial charge in [-0.15, -0.1) is 13.2 Å². The monoisotopic (exact) mass is 292 g/mol. The van der Waals surface area contributed by atoms with E-state index in [1.54, 1.807) is 13.8 Å². The van der Waals surface area contributed by atoms with Crippen molar-refractivity contribution in [3.63, 3.8) is 0 Å². The van der Waals surface area contributed by atoms with Crippen LogP contribution in [0.3, 0.4) is 0 Å². The van der Waals surface area contributed by atoms with Crippen molar-refractivity contribution in [2.24, 2.45) is 5.41 Å². The summed E-state index contributed by atoms with van der Waals surface area (Å²) in [6.45, 7) is 3.59. The van der Waals surface area contributed by atoms with Gasteiger partial charge in [0.15, 0.2) is 0 Å². The summed E-state index contributed by atoms with van der Waals surface area (Å²) in [6.07, 6.45) is -4.80. The molecule has 1 rings (SSSR count). The molecule has 1 N–H and O–H groups in total. The highest BCUT2D eigenvalue weighted by Crippen LogP contribution is 2.26. The second kappa shape index (κ2) is 6.02. The molecule has 0 radical (unpaired) electrons. The fourth-order valence-corrected chi connectivity index (χ4v) is 1.48. The Kier molecular flexibility index (Phi) is 4.86. The first-order valence-corrected chi connectivity index (χ1v) is 5.78. The van der Waals surface area contributed by atoms with E-state index in [1.807, 2.05) is 0 Å². The molecule has 20 heavy (non-hydrogen) atoms. The molecule has 0 aliphatic carbocycles. The van der Waals surface area contributed by atoms with Gasteiger partial charge in [0.1, 0.15) is 11.5 Å². The van der Waals surface area contributed by atoms with Crippen molar-refractivity contribution in [2.45, 2.75) is 26.6 Å². The first kappa shape index (κ1) is 16.1. The maximum atomic E-state index is 12.0. The lowest BCUT2D eigenvalue weighted by Crippen LogP contribution is -2.24. The number of ether oxygens (including phenoxy) is 2. The van der Waals surface area contributed by atoms with E-state index in [2.05, 4.69) is 4.74 Å². The van der Waals surface area contributed by atoms with Crippen LogP contribution in [0, 0.1) is 5.41 Å². The number of rotatable bonds is 6. The lowest BCUT2D eigenvalue weighted by molar-refractivity contribution is -0.274. The van der Waals surface area contributed by atoms with E-state index in [0.29, 0.717) is 5.75 Å². The average molecular weight is 292 g/mol. The zero-order chi connectivity index (χ0) is 15.4. The standard InChI is InChI=1S/C13H15F3O4/c1-12(2,7-11(17)18)8-19-9-3-5-10(6-4-9)20-13(14,15)16/h3-6H,7-8H2,1-2H3,(H,17,18). The summed E-state index contributed by atoms with van der Waals surface area (Å²) < 4.78 is 45.0. The van der Waals surface area contributed by atoms with Crippen LogP contribution in [0.4, 0.5) is 13.2 Å². The van der Waals surface area contributed by atoms with Crippen LogP contribution in [0.5, 0.6) is 11.5 Å². The number of alkyl halides is 3. The predicted molar refractivity (Wildman–Crippen MR) is 64.7 cm³/mol. The molecule has 0 saturated carbocycles. The van der Waals surface area contributed by atoms with E-state index in [-0.39, 0.29) is 18.8 Å². The molecule has 7 heteroatoms. The number of carboxylic acids is 1. The molecule has 112 valence electrons. The van der Waals surface area contributed by atoms with Gasteiger partial charge in [-0.1, -0.05) is 13.8 Å². The molecule has 0 aliphatic rings. The Morgan fingerprint density at radius 2 is 1.65 bits per heavy atom. The van der Waals surface area contributed by atoms with Gasteiger partial charge in [0.05, 0.1) is 13.0 Å². The summed E-state index contributed by atoms with van der Waals surface area (Å²) in [5.74, 6) is -0.930. The quantitative estimate of drug-likeness (QED) is 0.872. The number of carboxylic acid groups (broad SMARTS) is 1. The highest BCUT2D eigenvalue weighted by atomic mass is 19.4. The van der Waals surface area contributed by atoms with Crippen molar-refractivity contribution < 1.29 is 32.5 Å². The third kappa shape index (κ3) is 6.31. The Labute approximate surface area is 114 Å². The van der Waals surface area contributed by atoms with Gasteiger partial charge in [-0.2, -0.15) is 0 Å². The number of hydrogen-bond donors (Lipinski definition) is 1. The summed E-state index contributed by atoms with van der Waals surface area (Å²) in [4.78, 5) is 10.6. The maximum absolute atomic E-state index is 12.0. The van der Waals surface area contributed by atoms with E-state index >= 15 is 0 Å². The Morgan fingerprint density at radius 3 is 2.10 bits per heavy atom. The summed E-state index contributed by atoms with van der Waals surface area (Å²) in [5.41, 5.74) is -0.576. The summed E-state index contributed by atoms with van der Waals surface area (Å²) >= 11 is 0. The maximum Gasteiger partial charge on any atom is 0.573 e. The van der Waals surface area contributed by atoms with Crippen LogP contribution < -0.4 is 9.47 Å². The van der Waals surface area contributed by atoms with Gasteiger partial charge in [-0.3, -0.25) is 4.79 Å². The second-order valence-corrected chi connectivity index (χ2v) is 5.04. The molecule has 0 aliphatic heterocycles. The van der Waals surface area contributed by atoms with Crippen molar-refractivity contribution in [3.8, 4) is 11.5 Å². The third-order valence-electron chi connectivity index (χ3n) is 2.32. The van der Waals surface area contributed by atoms with Crippen LogP contribution in [0.2, 0.25) is 0 Å². The molecule has 1 aromatic carbocycles. The molecule has 0 spiro atoms. The molecule has 0 amide bonds. The van der Waals surface area contributed by atoms with Gasteiger partial charge in [0.25, 0.3) is 0 Å². The number of halogens is 3. The van der Waals surface area contributed by atoms with Gasteiger partial charge in [-0.25, -0.2) is 0 Å². The van der Waals surface area contributed by atoms with Crippen LogP contribution in [0.1, 0.15) is 20.3 Å². The lowest BCUT2D eigenvalue weighted by atomic mass is 9.91. The SMILES string of the molecule is CC(C)(COc1ccc(OC(F)(F)F)cc1)CC(=O)O. The lowest BCUT2D eigenvalue weighted by Gasteiger charge is -2.22. The molecular weight excluding hydrogens is 277 g/mol. The molecule has 0 saturated heterocycles. The molecule has 0 unspecified atom stereocenters. The van der Waals surface area contributed by atoms with Gasteiger partial charge in [-0.05, 0) is 24.3 Å². The number of aliphatic carboxylic acids is 1. The molecule has 4 nitrogen and oxygen atoms in total. The van der Waals surface area contributed by atoms with E-state index in [9.17, 15) is 18.0 Å². The minimum Gasteiger partial charge on any atom is -0.493 e. The van der Waals surface area contributed by atoms with Crippen LogP contribution >= 0.6 is 0 Å². The van der Waals surface area contributed by atoms with E-state index in [4.69, 9.17) is 9.84 Å². The van der Waals surface area contributed by atoms with Gasteiger partial charge in [0, 0.05) is 5.41 Å². The second-order valence-electron chi connectivity index (χ2n) is 5.04. The van der Waals surface area contributed by atoms with Crippen molar-refractivity contribution in [1.82, 2.24) is 0 Å². The van der Waals surface area contributed by atoms with E-state index < -0.39 is 17.7 Å². The normalized spacial score (nSPS) is 12.1. The van der Waals surface area contributed by atoms with E-state index in [0.717, 1.165) is 12.1 Å². The number of carbonyl (C=O) groups is 1. The third-order valence-corrected chi connectivity index (χ3v) is 2.32. The first-order valence-electron chi connectivity index (χ1n) is 5.78. The molecule has 1 aromatic rings. The smallest absolute Gasteiger partial charge is 0.493 e. The zero-order valence-electron chi connectivity index (χ0n) is 11.0.